The van der Waals surface area contributed by atoms with Gasteiger partial charge in [0.15, 0.2) is 0 Å². The van der Waals surface area contributed by atoms with E-state index in [4.69, 9.17) is 16.9 Å². The van der Waals surface area contributed by atoms with Crippen LogP contribution in [0.25, 0.3) is 0 Å². The highest BCUT2D eigenvalue weighted by molar-refractivity contribution is 7.89. The van der Waals surface area contributed by atoms with Crippen LogP contribution in [-0.2, 0) is 21.4 Å². The lowest BCUT2D eigenvalue weighted by Gasteiger charge is -2.29. The fourth-order valence-electron chi connectivity index (χ4n) is 2.76. The summed E-state index contributed by atoms with van der Waals surface area (Å²) in [5.74, 6) is -1.23. The molecule has 0 unspecified atom stereocenters. The van der Waals surface area contributed by atoms with E-state index < -0.39 is 22.0 Å². The summed E-state index contributed by atoms with van der Waals surface area (Å²) < 4.78 is 27.5. The summed E-state index contributed by atoms with van der Waals surface area (Å²) in [6.07, 6.45) is 0.165. The van der Waals surface area contributed by atoms with Gasteiger partial charge in [-0.25, -0.2) is 8.42 Å². The average molecular weight is 421 g/mol. The number of rotatable bonds is 8. The number of sulfonamides is 1. The molecule has 0 fully saturated rings. The molecule has 0 aliphatic carbocycles. The molecule has 2 aromatic rings. The number of carboxylic acid groups (broad SMARTS) is 1. The first kappa shape index (κ1) is 21.9. The number of nitriles is 1. The monoisotopic (exact) mass is 420 g/mol. The standard InChI is InChI=1S/C20H21ClN2O4S/c1-14(2)11-19(20(24)25)23(13-16-5-3-15(12-22)4-6-16)28(26,27)18-9-7-17(21)8-10-18/h3-10,14,19H,11,13H2,1-2H3,(H,24,25)/t19-/m1/s1. The maximum atomic E-state index is 13.3. The second kappa shape index (κ2) is 9.20. The van der Waals surface area contributed by atoms with Crippen molar-refractivity contribution in [3.8, 4) is 6.07 Å². The molecule has 0 saturated heterocycles. The molecule has 0 aromatic heterocycles. The summed E-state index contributed by atoms with van der Waals surface area (Å²) in [4.78, 5) is 11.9. The molecule has 8 heteroatoms. The van der Waals surface area contributed by atoms with Gasteiger partial charge >= 0.3 is 5.97 Å². The first-order valence-corrected chi connectivity index (χ1v) is 10.5. The van der Waals surface area contributed by atoms with Gasteiger partial charge in [0, 0.05) is 11.6 Å². The van der Waals surface area contributed by atoms with Crippen molar-refractivity contribution in [1.82, 2.24) is 4.31 Å². The number of hydrogen-bond acceptors (Lipinski definition) is 4. The molecule has 1 atom stereocenters. The first-order chi connectivity index (χ1) is 13.1. The molecule has 2 rings (SSSR count). The molecule has 2 aromatic carbocycles. The Morgan fingerprint density at radius 1 is 1.14 bits per heavy atom. The van der Waals surface area contributed by atoms with Crippen molar-refractivity contribution in [2.45, 2.75) is 37.8 Å². The molecule has 0 heterocycles. The van der Waals surface area contributed by atoms with E-state index in [-0.39, 0.29) is 23.8 Å². The lowest BCUT2D eigenvalue weighted by Crippen LogP contribution is -2.45. The zero-order valence-electron chi connectivity index (χ0n) is 15.5. The predicted molar refractivity (Wildman–Crippen MR) is 106 cm³/mol. The number of carbonyl (C=O) groups is 1. The van der Waals surface area contributed by atoms with Crippen molar-refractivity contribution in [2.24, 2.45) is 5.92 Å². The van der Waals surface area contributed by atoms with Crippen LogP contribution >= 0.6 is 11.6 Å². The fraction of sp³-hybridized carbons (Fsp3) is 0.300. The summed E-state index contributed by atoms with van der Waals surface area (Å²) in [5.41, 5.74) is 1.03. The molecule has 0 amide bonds. The minimum absolute atomic E-state index is 0.0232. The van der Waals surface area contributed by atoms with E-state index in [1.165, 1.54) is 24.3 Å². The Hall–Kier alpha value is -2.40. The van der Waals surface area contributed by atoms with Crippen molar-refractivity contribution < 1.29 is 18.3 Å². The lowest BCUT2D eigenvalue weighted by molar-refractivity contribution is -0.142. The number of hydrogen-bond donors (Lipinski definition) is 1. The highest BCUT2D eigenvalue weighted by Crippen LogP contribution is 2.26. The summed E-state index contributed by atoms with van der Waals surface area (Å²) in [5, 5.41) is 19.0. The fourth-order valence-corrected chi connectivity index (χ4v) is 4.46. The molecule has 148 valence electrons. The van der Waals surface area contributed by atoms with Crippen LogP contribution in [0.1, 0.15) is 31.4 Å². The summed E-state index contributed by atoms with van der Waals surface area (Å²) in [7, 11) is -4.09. The molecule has 0 aliphatic rings. The Bertz CT molecular complexity index is 965. The maximum Gasteiger partial charge on any atom is 0.322 e. The summed E-state index contributed by atoms with van der Waals surface area (Å²) in [6, 6.07) is 12.8. The van der Waals surface area contributed by atoms with Crippen LogP contribution in [0.4, 0.5) is 0 Å². The highest BCUT2D eigenvalue weighted by Gasteiger charge is 2.36. The SMILES string of the molecule is CC(C)C[C@H](C(=O)O)N(Cc1ccc(C#N)cc1)S(=O)(=O)c1ccc(Cl)cc1. The normalized spacial score (nSPS) is 12.7. The first-order valence-electron chi connectivity index (χ1n) is 8.64. The zero-order chi connectivity index (χ0) is 20.9. The Balaban J connectivity index is 2.51. The van der Waals surface area contributed by atoms with E-state index in [0.29, 0.717) is 16.1 Å². The Morgan fingerprint density at radius 2 is 1.71 bits per heavy atom. The molecule has 0 bridgehead atoms. The van der Waals surface area contributed by atoms with E-state index in [1.54, 1.807) is 24.3 Å². The molecular weight excluding hydrogens is 400 g/mol. The van der Waals surface area contributed by atoms with Crippen molar-refractivity contribution in [1.29, 1.82) is 5.26 Å². The molecule has 0 saturated carbocycles. The van der Waals surface area contributed by atoms with Crippen LogP contribution in [0.5, 0.6) is 0 Å². The molecule has 0 spiro atoms. The third-order valence-corrected chi connectivity index (χ3v) is 6.29. The molecule has 1 N–H and O–H groups in total. The van der Waals surface area contributed by atoms with Gasteiger partial charge in [-0.05, 0) is 54.3 Å². The van der Waals surface area contributed by atoms with Crippen LogP contribution in [0, 0.1) is 17.2 Å². The molecule has 6 nitrogen and oxygen atoms in total. The Labute approximate surface area is 170 Å². The maximum absolute atomic E-state index is 13.3. The third-order valence-electron chi connectivity index (χ3n) is 4.17. The van der Waals surface area contributed by atoms with Gasteiger partial charge < -0.3 is 5.11 Å². The quantitative estimate of drug-likeness (QED) is 0.698. The van der Waals surface area contributed by atoms with Crippen LogP contribution in [0.2, 0.25) is 5.02 Å². The van der Waals surface area contributed by atoms with Crippen molar-refractivity contribution >= 4 is 27.6 Å². The van der Waals surface area contributed by atoms with Crippen LogP contribution in [0.3, 0.4) is 0 Å². The van der Waals surface area contributed by atoms with Gasteiger partial charge in [-0.2, -0.15) is 9.57 Å². The molecule has 0 radical (unpaired) electrons. The molecule has 0 aliphatic heterocycles. The van der Waals surface area contributed by atoms with E-state index >= 15 is 0 Å². The van der Waals surface area contributed by atoms with Crippen LogP contribution in [-0.4, -0.2) is 29.8 Å². The van der Waals surface area contributed by atoms with Crippen molar-refractivity contribution in [2.75, 3.05) is 0 Å². The second-order valence-corrected chi connectivity index (χ2v) is 9.12. The smallest absolute Gasteiger partial charge is 0.322 e. The van der Waals surface area contributed by atoms with Gasteiger partial charge in [0.05, 0.1) is 16.5 Å². The number of carboxylic acids is 1. The number of benzene rings is 2. The average Bonchev–Trinajstić information content (AvgIpc) is 2.65. The van der Waals surface area contributed by atoms with Gasteiger partial charge in [-0.15, -0.1) is 0 Å². The topological polar surface area (TPSA) is 98.5 Å². The van der Waals surface area contributed by atoms with E-state index in [2.05, 4.69) is 0 Å². The van der Waals surface area contributed by atoms with Crippen molar-refractivity contribution in [3.05, 3.63) is 64.7 Å². The Morgan fingerprint density at radius 3 is 2.18 bits per heavy atom. The lowest BCUT2D eigenvalue weighted by atomic mass is 10.0. The third kappa shape index (κ3) is 5.32. The number of aliphatic carboxylic acids is 1. The van der Waals surface area contributed by atoms with Gasteiger partial charge in [0.1, 0.15) is 6.04 Å². The van der Waals surface area contributed by atoms with Gasteiger partial charge in [-0.3, -0.25) is 4.79 Å². The van der Waals surface area contributed by atoms with Crippen LogP contribution in [0.15, 0.2) is 53.4 Å². The van der Waals surface area contributed by atoms with Gasteiger partial charge in [0.2, 0.25) is 10.0 Å². The minimum Gasteiger partial charge on any atom is -0.480 e. The zero-order valence-corrected chi connectivity index (χ0v) is 17.1. The largest absolute Gasteiger partial charge is 0.480 e. The van der Waals surface area contributed by atoms with Gasteiger partial charge in [0.25, 0.3) is 0 Å². The van der Waals surface area contributed by atoms with Crippen molar-refractivity contribution in [3.63, 3.8) is 0 Å². The number of nitrogens with zero attached hydrogens (tertiary/aromatic N) is 2. The minimum atomic E-state index is -4.09. The van der Waals surface area contributed by atoms with E-state index in [0.717, 1.165) is 4.31 Å². The van der Waals surface area contributed by atoms with Gasteiger partial charge in [-0.1, -0.05) is 37.6 Å². The predicted octanol–water partition coefficient (Wildman–Crippen LogP) is 3.90. The molecular formula is C20H21ClN2O4S. The summed E-state index contributed by atoms with van der Waals surface area (Å²) in [6.45, 7) is 3.55. The summed E-state index contributed by atoms with van der Waals surface area (Å²) >= 11 is 5.85. The molecule has 28 heavy (non-hydrogen) atoms. The Kier molecular flexibility index (Phi) is 7.19. The van der Waals surface area contributed by atoms with E-state index in [9.17, 15) is 18.3 Å². The van der Waals surface area contributed by atoms with Crippen LogP contribution < -0.4 is 0 Å². The highest BCUT2D eigenvalue weighted by atomic mass is 35.5. The second-order valence-electron chi connectivity index (χ2n) is 6.80. The van der Waals surface area contributed by atoms with E-state index in [1.807, 2.05) is 19.9 Å². The number of halogens is 1.